The van der Waals surface area contributed by atoms with E-state index in [9.17, 15) is 4.79 Å². The highest BCUT2D eigenvalue weighted by molar-refractivity contribution is 5.96. The molecule has 6 rings (SSSR count). The van der Waals surface area contributed by atoms with Gasteiger partial charge >= 0.3 is 0 Å². The summed E-state index contributed by atoms with van der Waals surface area (Å²) in [5.74, 6) is 0.739. The first-order valence-corrected chi connectivity index (χ1v) is 11.2. The smallest absolute Gasteiger partial charge is 0.249 e. The Hall–Kier alpha value is -4.18. The Morgan fingerprint density at radius 3 is 2.44 bits per heavy atom. The van der Waals surface area contributed by atoms with Crippen molar-refractivity contribution in [2.45, 2.75) is 25.9 Å². The number of aromatic nitrogens is 7. The predicted molar refractivity (Wildman–Crippen MR) is 130 cm³/mol. The molecule has 1 saturated heterocycles. The lowest BCUT2D eigenvalue weighted by Gasteiger charge is -2.39. The van der Waals surface area contributed by atoms with Gasteiger partial charge in [0.25, 0.3) is 0 Å². The minimum Gasteiger partial charge on any atom is -0.333 e. The number of rotatable bonds is 3. The Morgan fingerprint density at radius 2 is 1.65 bits per heavy atom. The van der Waals surface area contributed by atoms with Crippen molar-refractivity contribution in [2.75, 3.05) is 18.0 Å². The van der Waals surface area contributed by atoms with E-state index in [0.29, 0.717) is 23.4 Å². The minimum absolute atomic E-state index is 0.186. The third-order valence-electron chi connectivity index (χ3n) is 6.31. The van der Waals surface area contributed by atoms with Crippen molar-refractivity contribution in [3.05, 3.63) is 65.7 Å². The quantitative estimate of drug-likeness (QED) is 0.427. The van der Waals surface area contributed by atoms with Gasteiger partial charge in [0.15, 0.2) is 5.65 Å². The molecule has 1 aliphatic rings. The molecule has 0 unspecified atom stereocenters. The molecule has 1 aliphatic heterocycles. The second-order valence-corrected chi connectivity index (χ2v) is 8.65. The van der Waals surface area contributed by atoms with Gasteiger partial charge in [-0.3, -0.25) is 4.79 Å². The number of anilines is 1. The van der Waals surface area contributed by atoms with Gasteiger partial charge < -0.3 is 15.2 Å². The molecule has 2 N–H and O–H groups in total. The summed E-state index contributed by atoms with van der Waals surface area (Å²) < 4.78 is 1.75. The van der Waals surface area contributed by atoms with Crippen LogP contribution in [-0.2, 0) is 0 Å². The lowest BCUT2D eigenvalue weighted by molar-refractivity contribution is 0.425. The van der Waals surface area contributed by atoms with Crippen molar-refractivity contribution in [3.63, 3.8) is 0 Å². The van der Waals surface area contributed by atoms with Crippen LogP contribution < -0.4 is 15.8 Å². The standard InChI is InChI=1S/C24H23N9O/c1-14-7-25-8-15(2)33(14)24-28-9-16(10-29-24)17-11-27-23-20(12-30-32(23)13-17)18-5-6-26-22-19(18)3-4-21(34)31-22/h3-6,9-15,25H,7-8H2,1-2H3,(H,26,31,34)/t14-,15+. The molecule has 170 valence electrons. The number of piperazine rings is 1. The first-order valence-electron chi connectivity index (χ1n) is 11.2. The number of hydrogen-bond acceptors (Lipinski definition) is 8. The Bertz CT molecular complexity index is 1550. The molecule has 0 amide bonds. The van der Waals surface area contributed by atoms with Crippen LogP contribution in [0.25, 0.3) is 38.9 Å². The summed E-state index contributed by atoms with van der Waals surface area (Å²) in [5, 5.41) is 8.79. The van der Waals surface area contributed by atoms with Gasteiger partial charge in [0.05, 0.1) is 6.20 Å². The molecule has 0 aromatic carbocycles. The van der Waals surface area contributed by atoms with E-state index in [1.165, 1.54) is 6.07 Å². The molecule has 5 aromatic rings. The van der Waals surface area contributed by atoms with Gasteiger partial charge in [-0.25, -0.2) is 24.5 Å². The average molecular weight is 454 g/mol. The van der Waals surface area contributed by atoms with Crippen LogP contribution in [0.5, 0.6) is 0 Å². The van der Waals surface area contributed by atoms with E-state index in [0.717, 1.165) is 46.7 Å². The Balaban J connectivity index is 1.35. The monoisotopic (exact) mass is 453 g/mol. The van der Waals surface area contributed by atoms with Crippen LogP contribution in [0.2, 0.25) is 0 Å². The van der Waals surface area contributed by atoms with Crippen LogP contribution in [0.3, 0.4) is 0 Å². The fourth-order valence-electron chi connectivity index (χ4n) is 4.64. The zero-order chi connectivity index (χ0) is 23.2. The van der Waals surface area contributed by atoms with E-state index in [1.807, 2.05) is 24.7 Å². The van der Waals surface area contributed by atoms with Crippen LogP contribution in [0.4, 0.5) is 5.95 Å². The molecule has 2 atom stereocenters. The molecule has 1 fully saturated rings. The van der Waals surface area contributed by atoms with E-state index in [1.54, 1.807) is 29.2 Å². The maximum absolute atomic E-state index is 11.7. The molecular weight excluding hydrogens is 430 g/mol. The largest absolute Gasteiger partial charge is 0.333 e. The summed E-state index contributed by atoms with van der Waals surface area (Å²) in [4.78, 5) is 35.0. The molecule has 5 aromatic heterocycles. The average Bonchev–Trinajstić information content (AvgIpc) is 3.27. The van der Waals surface area contributed by atoms with Crippen molar-refractivity contribution < 1.29 is 0 Å². The molecular formula is C24H23N9O. The van der Waals surface area contributed by atoms with Crippen LogP contribution >= 0.6 is 0 Å². The highest BCUT2D eigenvalue weighted by Gasteiger charge is 2.26. The Morgan fingerprint density at radius 1 is 0.882 bits per heavy atom. The van der Waals surface area contributed by atoms with Crippen molar-refractivity contribution >= 4 is 22.6 Å². The molecule has 34 heavy (non-hydrogen) atoms. The third-order valence-corrected chi connectivity index (χ3v) is 6.31. The Labute approximate surface area is 194 Å². The molecule has 0 radical (unpaired) electrons. The van der Waals surface area contributed by atoms with E-state index in [-0.39, 0.29) is 5.56 Å². The fourth-order valence-corrected chi connectivity index (χ4v) is 4.64. The second-order valence-electron chi connectivity index (χ2n) is 8.65. The van der Waals surface area contributed by atoms with Crippen LogP contribution in [0, 0.1) is 0 Å². The SMILES string of the molecule is C[C@@H]1CNC[C@H](C)N1c1ncc(-c2cnc3c(-c4ccnc5[nH]c(=O)ccc45)cnn3c2)cn1. The number of H-pyrrole nitrogens is 1. The number of hydrogen-bond donors (Lipinski definition) is 2. The lowest BCUT2D eigenvalue weighted by Crippen LogP contribution is -2.55. The maximum atomic E-state index is 11.7. The molecule has 10 heteroatoms. The minimum atomic E-state index is -0.186. The van der Waals surface area contributed by atoms with Gasteiger partial charge in [-0.2, -0.15) is 5.10 Å². The van der Waals surface area contributed by atoms with Crippen molar-refractivity contribution in [1.82, 2.24) is 39.9 Å². The summed E-state index contributed by atoms with van der Waals surface area (Å²) in [6, 6.07) is 5.83. The number of aromatic amines is 1. The summed E-state index contributed by atoms with van der Waals surface area (Å²) in [6.07, 6.45) is 10.8. The van der Waals surface area contributed by atoms with Gasteiger partial charge in [0.1, 0.15) is 5.65 Å². The van der Waals surface area contributed by atoms with Crippen LogP contribution in [0.1, 0.15) is 13.8 Å². The van der Waals surface area contributed by atoms with Gasteiger partial charge in [-0.05, 0) is 31.5 Å². The van der Waals surface area contributed by atoms with Crippen LogP contribution in [0.15, 0.2) is 60.2 Å². The van der Waals surface area contributed by atoms with Gasteiger partial charge in [0, 0.05) is 84.3 Å². The van der Waals surface area contributed by atoms with E-state index < -0.39 is 0 Å². The summed E-state index contributed by atoms with van der Waals surface area (Å²) in [5.41, 5.74) is 4.57. The molecule has 0 spiro atoms. The number of nitrogens with zero attached hydrogens (tertiary/aromatic N) is 7. The molecule has 10 nitrogen and oxygen atoms in total. The second kappa shape index (κ2) is 7.99. The zero-order valence-electron chi connectivity index (χ0n) is 18.8. The summed E-state index contributed by atoms with van der Waals surface area (Å²) >= 11 is 0. The van der Waals surface area contributed by atoms with E-state index in [2.05, 4.69) is 54.1 Å². The summed E-state index contributed by atoms with van der Waals surface area (Å²) in [6.45, 7) is 6.19. The van der Waals surface area contributed by atoms with Gasteiger partial charge in [-0.1, -0.05) is 0 Å². The topological polar surface area (TPSA) is 117 Å². The summed E-state index contributed by atoms with van der Waals surface area (Å²) in [7, 11) is 0. The van der Waals surface area contributed by atoms with Crippen molar-refractivity contribution in [2.24, 2.45) is 0 Å². The van der Waals surface area contributed by atoms with Gasteiger partial charge in [-0.15, -0.1) is 0 Å². The predicted octanol–water partition coefficient (Wildman–Crippen LogP) is 2.28. The molecule has 6 heterocycles. The molecule has 0 aliphatic carbocycles. The van der Waals surface area contributed by atoms with E-state index >= 15 is 0 Å². The number of nitrogens with one attached hydrogen (secondary N) is 2. The first kappa shape index (κ1) is 20.4. The van der Waals surface area contributed by atoms with Crippen LogP contribution in [-0.4, -0.2) is 59.7 Å². The zero-order valence-corrected chi connectivity index (χ0v) is 18.8. The number of fused-ring (bicyclic) bond motifs is 2. The lowest BCUT2D eigenvalue weighted by atomic mass is 10.1. The van der Waals surface area contributed by atoms with E-state index in [4.69, 9.17) is 0 Å². The first-order chi connectivity index (χ1) is 16.6. The molecule has 0 saturated carbocycles. The fraction of sp³-hybridized carbons (Fsp3) is 0.250. The highest BCUT2D eigenvalue weighted by Crippen LogP contribution is 2.30. The maximum Gasteiger partial charge on any atom is 0.249 e. The number of pyridine rings is 2. The highest BCUT2D eigenvalue weighted by atomic mass is 16.1. The Kier molecular flexibility index (Phi) is 4.80. The third kappa shape index (κ3) is 3.39. The van der Waals surface area contributed by atoms with Crippen molar-refractivity contribution in [1.29, 1.82) is 0 Å². The normalized spacial score (nSPS) is 18.6. The van der Waals surface area contributed by atoms with Gasteiger partial charge in [0.2, 0.25) is 11.5 Å². The molecule has 0 bridgehead atoms. The van der Waals surface area contributed by atoms with Crippen molar-refractivity contribution in [3.8, 4) is 22.3 Å².